The van der Waals surface area contributed by atoms with Crippen LogP contribution in [0.1, 0.15) is 22.3 Å². The summed E-state index contributed by atoms with van der Waals surface area (Å²) in [5, 5.41) is 20.8. The van der Waals surface area contributed by atoms with E-state index in [4.69, 9.17) is 32.0 Å². The quantitative estimate of drug-likeness (QED) is 0.440. The molecule has 0 bridgehead atoms. The van der Waals surface area contributed by atoms with Gasteiger partial charge in [-0.1, -0.05) is 23.2 Å². The predicted octanol–water partition coefficient (Wildman–Crippen LogP) is 4.83. The van der Waals surface area contributed by atoms with Gasteiger partial charge in [0, 0.05) is 40.5 Å². The first kappa shape index (κ1) is 19.4. The summed E-state index contributed by atoms with van der Waals surface area (Å²) < 4.78 is 10.6. The minimum Gasteiger partial charge on any atom is -0.506 e. The second-order valence-electron chi connectivity index (χ2n) is 6.76. The highest BCUT2D eigenvalue weighted by Gasteiger charge is 2.19. The monoisotopic (exact) mass is 432 g/mol. The fourth-order valence-corrected chi connectivity index (χ4v) is 3.71. The van der Waals surface area contributed by atoms with Crippen molar-refractivity contribution in [1.82, 2.24) is 0 Å². The topological polar surface area (TPSA) is 101 Å². The van der Waals surface area contributed by atoms with Gasteiger partial charge >= 0.3 is 11.3 Å². The Labute approximate surface area is 173 Å². The van der Waals surface area contributed by atoms with Crippen molar-refractivity contribution >= 4 is 45.1 Å². The average molecular weight is 433 g/mol. The summed E-state index contributed by atoms with van der Waals surface area (Å²) in [7, 11) is 0. The predicted molar refractivity (Wildman–Crippen MR) is 111 cm³/mol. The summed E-state index contributed by atoms with van der Waals surface area (Å²) in [6, 6.07) is 5.57. The molecule has 0 aliphatic rings. The van der Waals surface area contributed by atoms with Gasteiger partial charge in [0.2, 0.25) is 0 Å². The molecule has 8 heteroatoms. The minimum atomic E-state index is -0.626. The molecule has 0 spiro atoms. The molecule has 0 fully saturated rings. The first-order valence-electron chi connectivity index (χ1n) is 8.57. The third-order valence-electron chi connectivity index (χ3n) is 5.06. The molecule has 0 unspecified atom stereocenters. The number of phenolic OH excluding ortho intramolecular Hbond substituents is 2. The molecular formula is C21H14Cl2O6. The van der Waals surface area contributed by atoms with E-state index in [1.807, 2.05) is 0 Å². The molecule has 0 saturated carbocycles. The molecule has 0 radical (unpaired) electrons. The largest absolute Gasteiger partial charge is 0.506 e. The lowest BCUT2D eigenvalue weighted by molar-refractivity contribution is 0.472. The van der Waals surface area contributed by atoms with E-state index in [1.54, 1.807) is 13.8 Å². The number of aryl methyl sites for hydroxylation is 2. The number of fused-ring (bicyclic) bond motifs is 2. The number of aromatic hydroxyl groups is 2. The van der Waals surface area contributed by atoms with Crippen LogP contribution < -0.4 is 11.3 Å². The number of rotatable bonds is 2. The van der Waals surface area contributed by atoms with Crippen LogP contribution in [0.5, 0.6) is 11.5 Å². The van der Waals surface area contributed by atoms with E-state index in [1.165, 1.54) is 24.3 Å². The Morgan fingerprint density at radius 1 is 0.759 bits per heavy atom. The number of hydrogen-bond acceptors (Lipinski definition) is 6. The van der Waals surface area contributed by atoms with Crippen LogP contribution in [-0.4, -0.2) is 10.2 Å². The minimum absolute atomic E-state index is 0.0226. The van der Waals surface area contributed by atoms with Crippen LogP contribution in [0.25, 0.3) is 21.9 Å². The van der Waals surface area contributed by atoms with Crippen LogP contribution in [0.3, 0.4) is 0 Å². The van der Waals surface area contributed by atoms with Crippen molar-refractivity contribution in [2.24, 2.45) is 0 Å². The molecule has 6 nitrogen and oxygen atoms in total. The second kappa shape index (κ2) is 6.83. The van der Waals surface area contributed by atoms with Crippen molar-refractivity contribution in [3.05, 3.63) is 77.4 Å². The molecule has 29 heavy (non-hydrogen) atoms. The standard InChI is InChI=1S/C21H14Cl2O6/c1-8-10-4-14(22)16(24)6-18(10)28-20(26)12(8)3-13-9(2)11-5-15(23)17(25)7-19(11)29-21(13)27/h4-7,24-25H,3H2,1-2H3. The van der Waals surface area contributed by atoms with Gasteiger partial charge in [-0.15, -0.1) is 0 Å². The fourth-order valence-electron chi connectivity index (χ4n) is 3.38. The van der Waals surface area contributed by atoms with E-state index in [9.17, 15) is 19.8 Å². The zero-order valence-electron chi connectivity index (χ0n) is 15.3. The van der Waals surface area contributed by atoms with Crippen molar-refractivity contribution in [1.29, 1.82) is 0 Å². The molecule has 2 N–H and O–H groups in total. The smallest absolute Gasteiger partial charge is 0.340 e. The highest BCUT2D eigenvalue weighted by Crippen LogP contribution is 2.33. The summed E-state index contributed by atoms with van der Waals surface area (Å²) >= 11 is 12.0. The first-order valence-corrected chi connectivity index (χ1v) is 9.32. The second-order valence-corrected chi connectivity index (χ2v) is 7.58. The number of benzene rings is 2. The van der Waals surface area contributed by atoms with Crippen LogP contribution in [0.15, 0.2) is 42.7 Å². The first-order chi connectivity index (χ1) is 13.7. The van der Waals surface area contributed by atoms with Crippen molar-refractivity contribution in [2.45, 2.75) is 20.3 Å². The number of phenols is 2. The summed E-state index contributed by atoms with van der Waals surface area (Å²) in [6.45, 7) is 3.43. The van der Waals surface area contributed by atoms with E-state index in [-0.39, 0.29) is 50.3 Å². The Morgan fingerprint density at radius 2 is 1.14 bits per heavy atom. The Morgan fingerprint density at radius 3 is 1.52 bits per heavy atom. The molecule has 2 aromatic heterocycles. The van der Waals surface area contributed by atoms with Crippen LogP contribution in [0.4, 0.5) is 0 Å². The zero-order valence-corrected chi connectivity index (χ0v) is 16.8. The Kier molecular flexibility index (Phi) is 4.56. The summed E-state index contributed by atoms with van der Waals surface area (Å²) in [6.07, 6.45) is -0.0226. The summed E-state index contributed by atoms with van der Waals surface area (Å²) in [5.41, 5.74) is 0.864. The third kappa shape index (κ3) is 3.14. The Balaban J connectivity index is 1.94. The lowest BCUT2D eigenvalue weighted by atomic mass is 9.96. The average Bonchev–Trinajstić information content (AvgIpc) is 2.65. The molecule has 0 atom stereocenters. The maximum Gasteiger partial charge on any atom is 0.340 e. The maximum atomic E-state index is 12.6. The van der Waals surface area contributed by atoms with Crippen molar-refractivity contribution in [3.8, 4) is 11.5 Å². The normalized spacial score (nSPS) is 11.4. The van der Waals surface area contributed by atoms with Gasteiger partial charge < -0.3 is 19.0 Å². The van der Waals surface area contributed by atoms with Crippen LogP contribution >= 0.6 is 23.2 Å². The zero-order chi connectivity index (χ0) is 21.0. The molecule has 0 amide bonds. The third-order valence-corrected chi connectivity index (χ3v) is 5.67. The van der Waals surface area contributed by atoms with Crippen molar-refractivity contribution < 1.29 is 19.0 Å². The number of hydrogen-bond donors (Lipinski definition) is 2. The van der Waals surface area contributed by atoms with Gasteiger partial charge in [0.1, 0.15) is 22.7 Å². The van der Waals surface area contributed by atoms with Crippen LogP contribution in [0.2, 0.25) is 10.0 Å². The van der Waals surface area contributed by atoms with Crippen molar-refractivity contribution in [3.63, 3.8) is 0 Å². The Bertz CT molecular complexity index is 1320. The SMILES string of the molecule is Cc1c(Cc2c(C)c3cc(Cl)c(O)cc3oc2=O)c(=O)oc2cc(O)c(Cl)cc12. The molecule has 0 aliphatic heterocycles. The molecule has 4 rings (SSSR count). The highest BCUT2D eigenvalue weighted by atomic mass is 35.5. The summed E-state index contributed by atoms with van der Waals surface area (Å²) in [5.74, 6) is -0.388. The molecule has 4 aromatic rings. The van der Waals surface area contributed by atoms with E-state index >= 15 is 0 Å². The molecule has 0 saturated heterocycles. The molecule has 2 heterocycles. The van der Waals surface area contributed by atoms with E-state index in [0.29, 0.717) is 21.9 Å². The maximum absolute atomic E-state index is 12.6. The van der Waals surface area contributed by atoms with E-state index in [2.05, 4.69) is 0 Å². The van der Waals surface area contributed by atoms with Crippen molar-refractivity contribution in [2.75, 3.05) is 0 Å². The molecule has 148 valence electrons. The van der Waals surface area contributed by atoms with Gasteiger partial charge in [-0.2, -0.15) is 0 Å². The van der Waals surface area contributed by atoms with Gasteiger partial charge in [0.25, 0.3) is 0 Å². The Hall–Kier alpha value is -2.96. The van der Waals surface area contributed by atoms with Gasteiger partial charge in [0.05, 0.1) is 10.0 Å². The lowest BCUT2D eigenvalue weighted by Crippen LogP contribution is -2.17. The van der Waals surface area contributed by atoms with Gasteiger partial charge in [-0.05, 0) is 37.1 Å². The number of halogens is 2. The van der Waals surface area contributed by atoms with Gasteiger partial charge in [-0.25, -0.2) is 9.59 Å². The fraction of sp³-hybridized carbons (Fsp3) is 0.143. The van der Waals surface area contributed by atoms with Gasteiger partial charge in [-0.3, -0.25) is 0 Å². The molecule has 2 aromatic carbocycles. The van der Waals surface area contributed by atoms with E-state index < -0.39 is 11.3 Å². The van der Waals surface area contributed by atoms with Gasteiger partial charge in [0.15, 0.2) is 0 Å². The molecule has 0 aliphatic carbocycles. The highest BCUT2D eigenvalue weighted by molar-refractivity contribution is 6.33. The van der Waals surface area contributed by atoms with Crippen LogP contribution in [-0.2, 0) is 6.42 Å². The lowest BCUT2D eigenvalue weighted by Gasteiger charge is -2.11. The van der Waals surface area contributed by atoms with Crippen LogP contribution in [0, 0.1) is 13.8 Å². The summed E-state index contributed by atoms with van der Waals surface area (Å²) in [4.78, 5) is 25.1. The molecular weight excluding hydrogens is 419 g/mol. The van der Waals surface area contributed by atoms with E-state index in [0.717, 1.165) is 0 Å².